The summed E-state index contributed by atoms with van der Waals surface area (Å²) in [6.45, 7) is 1.61. The van der Waals surface area contributed by atoms with Gasteiger partial charge in [-0.2, -0.15) is 0 Å². The number of ether oxygens (including phenoxy) is 2. The molecule has 120 valence electrons. The summed E-state index contributed by atoms with van der Waals surface area (Å²) in [6.07, 6.45) is -0.0556. The van der Waals surface area contributed by atoms with Crippen molar-refractivity contribution in [2.24, 2.45) is 5.92 Å². The van der Waals surface area contributed by atoms with Crippen LogP contribution >= 0.6 is 0 Å². The van der Waals surface area contributed by atoms with Gasteiger partial charge in [0.15, 0.2) is 0 Å². The highest BCUT2D eigenvalue weighted by Crippen LogP contribution is 2.12. The average Bonchev–Trinajstić information content (AvgIpc) is 2.51. The van der Waals surface area contributed by atoms with Crippen molar-refractivity contribution < 1.29 is 28.2 Å². The van der Waals surface area contributed by atoms with Crippen molar-refractivity contribution in [3.05, 3.63) is 35.6 Å². The Hall–Kier alpha value is -2.44. The molecule has 0 spiro atoms. The first-order valence-corrected chi connectivity index (χ1v) is 6.60. The number of hydrogen-bond donors (Lipinski definition) is 1. The van der Waals surface area contributed by atoms with Crippen LogP contribution in [-0.2, 0) is 19.1 Å². The fraction of sp³-hybridized carbons (Fsp3) is 0.400. The van der Waals surface area contributed by atoms with Crippen LogP contribution in [0.1, 0.15) is 23.7 Å². The minimum atomic E-state index is -1.01. The van der Waals surface area contributed by atoms with Gasteiger partial charge in [-0.25, -0.2) is 9.18 Å². The normalized spacial score (nSPS) is 12.9. The minimum absolute atomic E-state index is 0.0556. The second-order valence-electron chi connectivity index (χ2n) is 4.74. The Morgan fingerprint density at radius 2 is 1.73 bits per heavy atom. The zero-order valence-corrected chi connectivity index (χ0v) is 12.6. The lowest BCUT2D eigenvalue weighted by molar-refractivity contribution is -0.146. The topological polar surface area (TPSA) is 81.7 Å². The van der Waals surface area contributed by atoms with Gasteiger partial charge in [-0.1, -0.05) is 6.92 Å². The third-order valence-electron chi connectivity index (χ3n) is 3.13. The summed E-state index contributed by atoms with van der Waals surface area (Å²) in [7, 11) is 2.42. The summed E-state index contributed by atoms with van der Waals surface area (Å²) in [6, 6.07) is 3.86. The smallest absolute Gasteiger partial charge is 0.328 e. The van der Waals surface area contributed by atoms with E-state index in [4.69, 9.17) is 0 Å². The molecule has 1 aromatic carbocycles. The summed E-state index contributed by atoms with van der Waals surface area (Å²) < 4.78 is 22.0. The van der Waals surface area contributed by atoms with Crippen LogP contribution in [-0.4, -0.2) is 38.1 Å². The highest BCUT2D eigenvalue weighted by Gasteiger charge is 2.29. The molecule has 2 atom stereocenters. The molecule has 0 aliphatic heterocycles. The number of carbonyl (C=O) groups is 3. The number of hydrogen-bond acceptors (Lipinski definition) is 5. The number of amides is 1. The number of nitrogens with one attached hydrogen (secondary N) is 1. The minimum Gasteiger partial charge on any atom is -0.469 e. The third kappa shape index (κ3) is 4.83. The summed E-state index contributed by atoms with van der Waals surface area (Å²) in [5, 5.41) is 2.49. The second kappa shape index (κ2) is 8.11. The van der Waals surface area contributed by atoms with Gasteiger partial charge in [0.25, 0.3) is 5.91 Å². The van der Waals surface area contributed by atoms with E-state index >= 15 is 0 Å². The first kappa shape index (κ1) is 17.6. The summed E-state index contributed by atoms with van der Waals surface area (Å²) in [4.78, 5) is 35.2. The predicted molar refractivity (Wildman–Crippen MR) is 75.5 cm³/mol. The molecule has 7 heteroatoms. The van der Waals surface area contributed by atoms with Crippen LogP contribution in [0, 0.1) is 11.7 Å². The largest absolute Gasteiger partial charge is 0.469 e. The molecular formula is C15H18FNO5. The van der Waals surface area contributed by atoms with Crippen molar-refractivity contribution in [3.8, 4) is 0 Å². The van der Waals surface area contributed by atoms with Crippen molar-refractivity contribution in [2.75, 3.05) is 14.2 Å². The van der Waals surface area contributed by atoms with Gasteiger partial charge >= 0.3 is 11.9 Å². The van der Waals surface area contributed by atoms with Crippen molar-refractivity contribution in [1.82, 2.24) is 5.32 Å². The van der Waals surface area contributed by atoms with E-state index < -0.39 is 35.6 Å². The van der Waals surface area contributed by atoms with Crippen LogP contribution in [0.5, 0.6) is 0 Å². The maximum atomic E-state index is 12.8. The fourth-order valence-electron chi connectivity index (χ4n) is 1.85. The molecule has 0 bridgehead atoms. The molecule has 22 heavy (non-hydrogen) atoms. The molecular weight excluding hydrogens is 293 g/mol. The van der Waals surface area contributed by atoms with E-state index in [-0.39, 0.29) is 12.0 Å². The molecule has 6 nitrogen and oxygen atoms in total. The molecule has 1 N–H and O–H groups in total. The van der Waals surface area contributed by atoms with Crippen molar-refractivity contribution >= 4 is 17.8 Å². The monoisotopic (exact) mass is 311 g/mol. The maximum Gasteiger partial charge on any atom is 0.328 e. The van der Waals surface area contributed by atoms with E-state index in [1.807, 2.05) is 0 Å². The Morgan fingerprint density at radius 3 is 2.23 bits per heavy atom. The van der Waals surface area contributed by atoms with Crippen LogP contribution in [0.3, 0.4) is 0 Å². The van der Waals surface area contributed by atoms with Gasteiger partial charge in [-0.05, 0) is 30.2 Å². The molecule has 0 aliphatic rings. The lowest BCUT2D eigenvalue weighted by Gasteiger charge is -2.22. The standard InChI is InChI=1S/C15H18FNO5/c1-9(8-12(18)21-2)13(15(20)22-3)17-14(19)10-4-6-11(16)7-5-10/h4-7,9,13H,8H2,1-3H3,(H,17,19)/t9-,13+/m1/s1. The predicted octanol–water partition coefficient (Wildman–Crippen LogP) is 1.30. The van der Waals surface area contributed by atoms with Crippen LogP contribution in [0.15, 0.2) is 24.3 Å². The van der Waals surface area contributed by atoms with Gasteiger partial charge in [0, 0.05) is 5.56 Å². The van der Waals surface area contributed by atoms with E-state index in [1.165, 1.54) is 26.4 Å². The molecule has 1 rings (SSSR count). The molecule has 0 fully saturated rings. The van der Waals surface area contributed by atoms with Gasteiger partial charge in [0.05, 0.1) is 20.6 Å². The Labute approximate surface area is 127 Å². The van der Waals surface area contributed by atoms with E-state index in [2.05, 4.69) is 14.8 Å². The Balaban J connectivity index is 2.84. The lowest BCUT2D eigenvalue weighted by atomic mass is 9.98. The summed E-state index contributed by atoms with van der Waals surface area (Å²) in [5.41, 5.74) is 0.195. The molecule has 1 aromatic rings. The van der Waals surface area contributed by atoms with Gasteiger partial charge in [-0.3, -0.25) is 9.59 Å². The number of rotatable bonds is 6. The number of esters is 2. The molecule has 0 heterocycles. The zero-order chi connectivity index (χ0) is 16.7. The van der Waals surface area contributed by atoms with Crippen LogP contribution < -0.4 is 5.32 Å². The first-order valence-electron chi connectivity index (χ1n) is 6.60. The van der Waals surface area contributed by atoms with E-state index in [0.29, 0.717) is 0 Å². The third-order valence-corrected chi connectivity index (χ3v) is 3.13. The molecule has 0 aliphatic carbocycles. The Kier molecular flexibility index (Phi) is 6.49. The van der Waals surface area contributed by atoms with Gasteiger partial charge in [0.2, 0.25) is 0 Å². The highest BCUT2D eigenvalue weighted by molar-refractivity contribution is 5.96. The van der Waals surface area contributed by atoms with Crippen LogP contribution in [0.25, 0.3) is 0 Å². The molecule has 0 saturated heterocycles. The quantitative estimate of drug-likeness (QED) is 0.801. The fourth-order valence-corrected chi connectivity index (χ4v) is 1.85. The Bertz CT molecular complexity index is 543. The molecule has 0 aromatic heterocycles. The van der Waals surface area contributed by atoms with Gasteiger partial charge in [-0.15, -0.1) is 0 Å². The second-order valence-corrected chi connectivity index (χ2v) is 4.74. The van der Waals surface area contributed by atoms with E-state index in [1.54, 1.807) is 6.92 Å². The number of halogens is 1. The molecule has 0 unspecified atom stereocenters. The summed E-state index contributed by atoms with van der Waals surface area (Å²) in [5.74, 6) is -2.74. The highest BCUT2D eigenvalue weighted by atomic mass is 19.1. The molecule has 0 saturated carbocycles. The van der Waals surface area contributed by atoms with Crippen molar-refractivity contribution in [1.29, 1.82) is 0 Å². The SMILES string of the molecule is COC(=O)C[C@@H](C)[C@H](NC(=O)c1ccc(F)cc1)C(=O)OC. The van der Waals surface area contributed by atoms with Crippen molar-refractivity contribution in [3.63, 3.8) is 0 Å². The van der Waals surface area contributed by atoms with Crippen LogP contribution in [0.4, 0.5) is 4.39 Å². The first-order chi connectivity index (χ1) is 10.4. The molecule has 0 radical (unpaired) electrons. The Morgan fingerprint density at radius 1 is 1.14 bits per heavy atom. The van der Waals surface area contributed by atoms with Gasteiger partial charge in [0.1, 0.15) is 11.9 Å². The lowest BCUT2D eigenvalue weighted by Crippen LogP contribution is -2.46. The maximum absolute atomic E-state index is 12.8. The molecule has 1 amide bonds. The van der Waals surface area contributed by atoms with Crippen LogP contribution in [0.2, 0.25) is 0 Å². The van der Waals surface area contributed by atoms with Gasteiger partial charge < -0.3 is 14.8 Å². The van der Waals surface area contributed by atoms with E-state index in [0.717, 1.165) is 12.1 Å². The number of carbonyl (C=O) groups excluding carboxylic acids is 3. The average molecular weight is 311 g/mol. The van der Waals surface area contributed by atoms with E-state index in [9.17, 15) is 18.8 Å². The van der Waals surface area contributed by atoms with Crippen molar-refractivity contribution in [2.45, 2.75) is 19.4 Å². The zero-order valence-electron chi connectivity index (χ0n) is 12.6. The number of benzene rings is 1. The number of methoxy groups -OCH3 is 2. The summed E-state index contributed by atoms with van der Waals surface area (Å²) >= 11 is 0.